The van der Waals surface area contributed by atoms with Gasteiger partial charge in [0.05, 0.1) is 11.4 Å². The Labute approximate surface area is 98.4 Å². The summed E-state index contributed by atoms with van der Waals surface area (Å²) < 4.78 is 1.52. The van der Waals surface area contributed by atoms with Gasteiger partial charge in [-0.25, -0.2) is 4.68 Å². The molecule has 3 rings (SSSR count). The van der Waals surface area contributed by atoms with Gasteiger partial charge in [0.15, 0.2) is 0 Å². The van der Waals surface area contributed by atoms with E-state index >= 15 is 0 Å². The Hall–Kier alpha value is -1.75. The van der Waals surface area contributed by atoms with E-state index in [1.807, 2.05) is 18.2 Å². The highest BCUT2D eigenvalue weighted by atomic mass is 16.1. The van der Waals surface area contributed by atoms with Crippen molar-refractivity contribution in [2.45, 2.75) is 18.9 Å². The summed E-state index contributed by atoms with van der Waals surface area (Å²) >= 11 is 0. The molecule has 5 nitrogen and oxygen atoms in total. The maximum Gasteiger partial charge on any atom is 0.277 e. The summed E-state index contributed by atoms with van der Waals surface area (Å²) in [5.41, 5.74) is 0.627. The molecular weight excluding hydrogens is 216 g/mol. The second-order valence-electron chi connectivity index (χ2n) is 4.36. The molecule has 1 aromatic carbocycles. The molecule has 1 saturated heterocycles. The van der Waals surface area contributed by atoms with Crippen LogP contribution >= 0.6 is 0 Å². The fourth-order valence-corrected chi connectivity index (χ4v) is 2.28. The fraction of sp³-hybridized carbons (Fsp3) is 0.417. The average molecular weight is 230 g/mol. The molecule has 0 radical (unpaired) electrons. The van der Waals surface area contributed by atoms with Crippen molar-refractivity contribution in [3.8, 4) is 0 Å². The van der Waals surface area contributed by atoms with Crippen LogP contribution in [0.4, 0.5) is 0 Å². The number of nitrogens with one attached hydrogen (secondary N) is 1. The number of rotatable bonds is 1. The minimum absolute atomic E-state index is 0.0377. The highest BCUT2D eigenvalue weighted by Gasteiger charge is 2.18. The first kappa shape index (κ1) is 10.4. The van der Waals surface area contributed by atoms with Gasteiger partial charge < -0.3 is 5.32 Å². The molecule has 2 heterocycles. The van der Waals surface area contributed by atoms with Crippen molar-refractivity contribution in [3.05, 3.63) is 34.6 Å². The monoisotopic (exact) mass is 230 g/mol. The Balaban J connectivity index is 2.11. The number of aromatic nitrogens is 3. The Bertz CT molecular complexity index is 586. The van der Waals surface area contributed by atoms with E-state index in [1.54, 1.807) is 6.07 Å². The van der Waals surface area contributed by atoms with E-state index in [2.05, 4.69) is 15.6 Å². The Morgan fingerprint density at radius 1 is 1.35 bits per heavy atom. The summed E-state index contributed by atoms with van der Waals surface area (Å²) in [5, 5.41) is 12.1. The van der Waals surface area contributed by atoms with E-state index in [0.29, 0.717) is 10.9 Å². The second-order valence-corrected chi connectivity index (χ2v) is 4.36. The Kier molecular flexibility index (Phi) is 2.60. The van der Waals surface area contributed by atoms with Crippen LogP contribution in [-0.4, -0.2) is 28.1 Å². The highest BCUT2D eigenvalue weighted by Crippen LogP contribution is 2.14. The lowest BCUT2D eigenvalue weighted by atomic mass is 10.1. The largest absolute Gasteiger partial charge is 0.315 e. The molecule has 0 bridgehead atoms. The van der Waals surface area contributed by atoms with Crippen LogP contribution in [0.5, 0.6) is 0 Å². The normalized spacial score (nSPS) is 20.6. The number of nitrogens with zero attached hydrogens (tertiary/aromatic N) is 3. The van der Waals surface area contributed by atoms with Crippen molar-refractivity contribution in [1.82, 2.24) is 20.3 Å². The van der Waals surface area contributed by atoms with Crippen molar-refractivity contribution in [2.75, 3.05) is 13.1 Å². The lowest BCUT2D eigenvalue weighted by molar-refractivity contribution is 0.328. The van der Waals surface area contributed by atoms with Crippen LogP contribution in [-0.2, 0) is 0 Å². The predicted molar refractivity (Wildman–Crippen MR) is 64.9 cm³/mol. The molecule has 88 valence electrons. The maximum absolute atomic E-state index is 12.3. The van der Waals surface area contributed by atoms with Crippen LogP contribution in [0.2, 0.25) is 0 Å². The predicted octanol–water partition coefficient (Wildman–Crippen LogP) is 0.716. The van der Waals surface area contributed by atoms with Crippen LogP contribution in [0.3, 0.4) is 0 Å². The van der Waals surface area contributed by atoms with Crippen molar-refractivity contribution in [2.24, 2.45) is 0 Å². The number of hydrogen-bond acceptors (Lipinski definition) is 4. The van der Waals surface area contributed by atoms with Gasteiger partial charge >= 0.3 is 0 Å². The van der Waals surface area contributed by atoms with Crippen LogP contribution in [0.25, 0.3) is 10.9 Å². The Morgan fingerprint density at radius 3 is 3.06 bits per heavy atom. The number of benzene rings is 1. The standard InChI is InChI=1S/C12H14N4O/c17-12-10-5-1-2-6-11(10)14-15-16(12)9-4-3-7-13-8-9/h1-2,5-6,9,13H,3-4,7-8H2. The summed E-state index contributed by atoms with van der Waals surface area (Å²) in [6, 6.07) is 7.47. The molecule has 5 heteroatoms. The molecule has 2 aromatic rings. The second kappa shape index (κ2) is 4.25. The van der Waals surface area contributed by atoms with Crippen molar-refractivity contribution < 1.29 is 0 Å². The molecule has 1 aliphatic rings. The molecule has 1 unspecified atom stereocenters. The molecule has 0 saturated carbocycles. The van der Waals surface area contributed by atoms with Gasteiger partial charge in [-0.3, -0.25) is 4.79 Å². The Morgan fingerprint density at radius 2 is 2.24 bits per heavy atom. The molecule has 1 N–H and O–H groups in total. The fourth-order valence-electron chi connectivity index (χ4n) is 2.28. The molecule has 0 spiro atoms. The van der Waals surface area contributed by atoms with Crippen LogP contribution in [0, 0.1) is 0 Å². The third kappa shape index (κ3) is 1.82. The average Bonchev–Trinajstić information content (AvgIpc) is 2.40. The molecule has 0 amide bonds. The summed E-state index contributed by atoms with van der Waals surface area (Å²) in [4.78, 5) is 12.3. The van der Waals surface area contributed by atoms with E-state index in [9.17, 15) is 4.79 Å². The van der Waals surface area contributed by atoms with Crippen LogP contribution < -0.4 is 10.9 Å². The van der Waals surface area contributed by atoms with E-state index in [-0.39, 0.29) is 11.6 Å². The third-order valence-electron chi connectivity index (χ3n) is 3.21. The van der Waals surface area contributed by atoms with E-state index in [1.165, 1.54) is 4.68 Å². The molecule has 17 heavy (non-hydrogen) atoms. The molecule has 1 fully saturated rings. The summed E-state index contributed by atoms with van der Waals surface area (Å²) in [5.74, 6) is 0. The zero-order chi connectivity index (χ0) is 11.7. The zero-order valence-corrected chi connectivity index (χ0v) is 9.47. The molecule has 1 aromatic heterocycles. The first-order valence-corrected chi connectivity index (χ1v) is 5.91. The quantitative estimate of drug-likeness (QED) is 0.784. The first-order valence-electron chi connectivity index (χ1n) is 5.91. The molecule has 1 aliphatic heterocycles. The first-order chi connectivity index (χ1) is 8.36. The van der Waals surface area contributed by atoms with Crippen molar-refractivity contribution >= 4 is 10.9 Å². The van der Waals surface area contributed by atoms with Crippen LogP contribution in [0.15, 0.2) is 29.1 Å². The highest BCUT2D eigenvalue weighted by molar-refractivity contribution is 5.76. The van der Waals surface area contributed by atoms with Gasteiger partial charge in [0.2, 0.25) is 0 Å². The summed E-state index contributed by atoms with van der Waals surface area (Å²) in [6.07, 6.45) is 2.06. The number of piperidine rings is 1. The number of fused-ring (bicyclic) bond motifs is 1. The van der Waals surface area contributed by atoms with Crippen molar-refractivity contribution in [1.29, 1.82) is 0 Å². The van der Waals surface area contributed by atoms with E-state index < -0.39 is 0 Å². The van der Waals surface area contributed by atoms with Gasteiger partial charge in [-0.05, 0) is 31.5 Å². The van der Waals surface area contributed by atoms with Gasteiger partial charge in [0.25, 0.3) is 5.56 Å². The smallest absolute Gasteiger partial charge is 0.277 e. The lowest BCUT2D eigenvalue weighted by Gasteiger charge is -2.23. The summed E-state index contributed by atoms with van der Waals surface area (Å²) in [7, 11) is 0. The zero-order valence-electron chi connectivity index (χ0n) is 9.47. The van der Waals surface area contributed by atoms with Crippen molar-refractivity contribution in [3.63, 3.8) is 0 Å². The number of hydrogen-bond donors (Lipinski definition) is 1. The van der Waals surface area contributed by atoms with Gasteiger partial charge in [-0.2, -0.15) is 0 Å². The maximum atomic E-state index is 12.3. The van der Waals surface area contributed by atoms with Crippen LogP contribution in [0.1, 0.15) is 18.9 Å². The van der Waals surface area contributed by atoms with Gasteiger partial charge in [-0.15, -0.1) is 5.10 Å². The lowest BCUT2D eigenvalue weighted by Crippen LogP contribution is -2.38. The topological polar surface area (TPSA) is 59.8 Å². The van der Waals surface area contributed by atoms with E-state index in [4.69, 9.17) is 0 Å². The minimum Gasteiger partial charge on any atom is -0.315 e. The van der Waals surface area contributed by atoms with E-state index in [0.717, 1.165) is 25.9 Å². The minimum atomic E-state index is -0.0377. The van der Waals surface area contributed by atoms with Gasteiger partial charge in [0, 0.05) is 6.54 Å². The van der Waals surface area contributed by atoms with Gasteiger partial charge in [0.1, 0.15) is 5.52 Å². The molecule has 0 aliphatic carbocycles. The summed E-state index contributed by atoms with van der Waals surface area (Å²) in [6.45, 7) is 1.82. The van der Waals surface area contributed by atoms with Gasteiger partial charge in [-0.1, -0.05) is 17.3 Å². The molecular formula is C12H14N4O. The SMILES string of the molecule is O=c1c2ccccc2nnn1C1CCCNC1. The third-order valence-corrected chi connectivity index (χ3v) is 3.21. The molecule has 1 atom stereocenters.